The van der Waals surface area contributed by atoms with Crippen LogP contribution in [0.5, 0.6) is 23.0 Å². The fourth-order valence-corrected chi connectivity index (χ4v) is 5.00. The average Bonchev–Trinajstić information content (AvgIpc) is 2.76. The molecule has 1 N–H and O–H groups in total. The highest BCUT2D eigenvalue weighted by Gasteiger charge is 2.23. The van der Waals surface area contributed by atoms with Gasteiger partial charge in [-0.1, -0.05) is 26.7 Å². The zero-order chi connectivity index (χ0) is 22.4. The molecule has 0 radical (unpaired) electrons. The summed E-state index contributed by atoms with van der Waals surface area (Å²) in [5.74, 6) is 2.07. The summed E-state index contributed by atoms with van der Waals surface area (Å²) in [4.78, 5) is 0.458. The lowest BCUT2D eigenvalue weighted by Crippen LogP contribution is -2.07. The Bertz CT molecular complexity index is 1140. The minimum Gasteiger partial charge on any atom is -0.508 e. The predicted molar refractivity (Wildman–Crippen MR) is 121 cm³/mol. The van der Waals surface area contributed by atoms with Crippen molar-refractivity contribution in [2.45, 2.75) is 49.3 Å². The van der Waals surface area contributed by atoms with Gasteiger partial charge in [0.2, 0.25) is 9.84 Å². The molecular formula is C25H28O5S. The van der Waals surface area contributed by atoms with Crippen LogP contribution in [0.4, 0.5) is 0 Å². The van der Waals surface area contributed by atoms with Crippen molar-refractivity contribution >= 4 is 9.84 Å². The fourth-order valence-electron chi connectivity index (χ4n) is 3.45. The molecule has 0 atom stereocenters. The maximum absolute atomic E-state index is 13.4. The van der Waals surface area contributed by atoms with Gasteiger partial charge < -0.3 is 14.6 Å². The van der Waals surface area contributed by atoms with Gasteiger partial charge in [0, 0.05) is 0 Å². The molecule has 3 aromatic rings. The van der Waals surface area contributed by atoms with Crippen LogP contribution in [0.2, 0.25) is 0 Å². The van der Waals surface area contributed by atoms with Gasteiger partial charge in [-0.3, -0.25) is 0 Å². The Hall–Kier alpha value is -2.99. The van der Waals surface area contributed by atoms with E-state index in [0.717, 1.165) is 18.6 Å². The van der Waals surface area contributed by atoms with Crippen molar-refractivity contribution in [3.8, 4) is 23.0 Å². The minimum atomic E-state index is -3.73. The molecule has 0 fully saturated rings. The van der Waals surface area contributed by atoms with Crippen LogP contribution >= 0.6 is 0 Å². The molecule has 3 rings (SSSR count). The number of sulfone groups is 1. The largest absolute Gasteiger partial charge is 0.508 e. The Morgan fingerprint density at radius 1 is 0.774 bits per heavy atom. The molecule has 0 bridgehead atoms. The molecule has 31 heavy (non-hydrogen) atoms. The van der Waals surface area contributed by atoms with Crippen LogP contribution in [0.25, 0.3) is 0 Å². The van der Waals surface area contributed by atoms with E-state index < -0.39 is 9.84 Å². The van der Waals surface area contributed by atoms with Gasteiger partial charge in [-0.05, 0) is 84.6 Å². The first-order valence-corrected chi connectivity index (χ1v) is 11.9. The number of aromatic hydroxyl groups is 1. The zero-order valence-electron chi connectivity index (χ0n) is 18.1. The molecule has 3 aromatic carbocycles. The maximum Gasteiger partial charge on any atom is 0.206 e. The third-order valence-electron chi connectivity index (χ3n) is 5.02. The lowest BCUT2D eigenvalue weighted by molar-refractivity contribution is 0.413. The lowest BCUT2D eigenvalue weighted by atomic mass is 10.1. The number of methoxy groups -OCH3 is 1. The van der Waals surface area contributed by atoms with Crippen molar-refractivity contribution in [2.24, 2.45) is 0 Å². The van der Waals surface area contributed by atoms with Crippen molar-refractivity contribution < 1.29 is 23.0 Å². The van der Waals surface area contributed by atoms with Crippen LogP contribution < -0.4 is 9.47 Å². The molecule has 0 saturated carbocycles. The Morgan fingerprint density at radius 2 is 1.39 bits per heavy atom. The second kappa shape index (κ2) is 9.88. The van der Waals surface area contributed by atoms with Crippen molar-refractivity contribution in [3.63, 3.8) is 0 Å². The van der Waals surface area contributed by atoms with Crippen molar-refractivity contribution in [1.29, 1.82) is 0 Å². The SMILES string of the molecule is CCCc1cc(S(=O)(=O)c2ccc(Oc3ccc(OC)cc3)cc2CCC)ccc1O. The monoisotopic (exact) mass is 440 g/mol. The van der Waals surface area contributed by atoms with Gasteiger partial charge in [-0.15, -0.1) is 0 Å². The molecule has 0 aliphatic carbocycles. The first kappa shape index (κ1) is 22.7. The standard InChI is InChI=1S/C25H28O5S/c1-4-6-18-17-23(13-14-24(18)26)31(27,28)25-15-12-22(16-19(25)7-5-2)30-21-10-8-20(29-3)9-11-21/h8-17,26H,4-7H2,1-3H3. The Morgan fingerprint density at radius 3 is 2.03 bits per heavy atom. The Kier molecular flexibility index (Phi) is 7.23. The Balaban J connectivity index is 1.97. The quantitative estimate of drug-likeness (QED) is 0.446. The van der Waals surface area contributed by atoms with Gasteiger partial charge in [-0.25, -0.2) is 8.42 Å². The van der Waals surface area contributed by atoms with Crippen LogP contribution in [-0.2, 0) is 22.7 Å². The Labute approximate surface area is 184 Å². The van der Waals surface area contributed by atoms with E-state index in [-0.39, 0.29) is 15.5 Å². The maximum atomic E-state index is 13.4. The van der Waals surface area contributed by atoms with E-state index in [4.69, 9.17) is 9.47 Å². The van der Waals surface area contributed by atoms with Crippen LogP contribution in [-0.4, -0.2) is 20.6 Å². The second-order valence-corrected chi connectivity index (χ2v) is 9.26. The molecule has 6 heteroatoms. The van der Waals surface area contributed by atoms with Crippen LogP contribution in [0.1, 0.15) is 37.8 Å². The van der Waals surface area contributed by atoms with Crippen LogP contribution in [0.15, 0.2) is 70.5 Å². The van der Waals surface area contributed by atoms with Gasteiger partial charge in [0.25, 0.3) is 0 Å². The number of hydrogen-bond acceptors (Lipinski definition) is 5. The highest BCUT2D eigenvalue weighted by atomic mass is 32.2. The highest BCUT2D eigenvalue weighted by molar-refractivity contribution is 7.91. The molecule has 0 aliphatic rings. The third kappa shape index (κ3) is 5.20. The summed E-state index contributed by atoms with van der Waals surface area (Å²) >= 11 is 0. The van der Waals surface area contributed by atoms with Crippen molar-refractivity contribution in [3.05, 3.63) is 71.8 Å². The summed E-state index contributed by atoms with van der Waals surface area (Å²) in [5, 5.41) is 10.0. The summed E-state index contributed by atoms with van der Waals surface area (Å²) in [6, 6.07) is 16.8. The topological polar surface area (TPSA) is 72.8 Å². The van der Waals surface area contributed by atoms with E-state index in [1.54, 1.807) is 55.6 Å². The summed E-state index contributed by atoms with van der Waals surface area (Å²) in [5.41, 5.74) is 1.35. The smallest absolute Gasteiger partial charge is 0.206 e. The van der Waals surface area contributed by atoms with Crippen LogP contribution in [0, 0.1) is 0 Å². The van der Waals surface area contributed by atoms with Gasteiger partial charge in [0.15, 0.2) is 0 Å². The molecule has 0 spiro atoms. The number of hydrogen-bond donors (Lipinski definition) is 1. The van der Waals surface area contributed by atoms with Gasteiger partial charge in [0.05, 0.1) is 16.9 Å². The van der Waals surface area contributed by atoms with Crippen LogP contribution in [0.3, 0.4) is 0 Å². The first-order valence-electron chi connectivity index (χ1n) is 10.4. The predicted octanol–water partition coefficient (Wildman–Crippen LogP) is 5.93. The van der Waals surface area contributed by atoms with E-state index in [1.807, 2.05) is 13.8 Å². The molecule has 164 valence electrons. The number of phenols is 1. The molecule has 0 amide bonds. The molecule has 5 nitrogen and oxygen atoms in total. The van der Waals surface area contributed by atoms with Crippen molar-refractivity contribution in [2.75, 3.05) is 7.11 Å². The summed E-state index contributed by atoms with van der Waals surface area (Å²) < 4.78 is 37.9. The van der Waals surface area contributed by atoms with E-state index in [1.165, 1.54) is 12.1 Å². The summed E-state index contributed by atoms with van der Waals surface area (Å²) in [6.07, 6.45) is 2.83. The molecule has 0 heterocycles. The van der Waals surface area contributed by atoms with E-state index >= 15 is 0 Å². The van der Waals surface area contributed by atoms with E-state index in [9.17, 15) is 13.5 Å². The number of benzene rings is 3. The van der Waals surface area contributed by atoms with Gasteiger partial charge in [0.1, 0.15) is 23.0 Å². The molecule has 0 aliphatic heterocycles. The van der Waals surface area contributed by atoms with Gasteiger partial charge >= 0.3 is 0 Å². The molecule has 0 unspecified atom stereocenters. The van der Waals surface area contributed by atoms with E-state index in [2.05, 4.69) is 0 Å². The zero-order valence-corrected chi connectivity index (χ0v) is 18.9. The van der Waals surface area contributed by atoms with Crippen molar-refractivity contribution in [1.82, 2.24) is 0 Å². The highest BCUT2D eigenvalue weighted by Crippen LogP contribution is 2.32. The molecule has 0 saturated heterocycles. The van der Waals surface area contributed by atoms with Gasteiger partial charge in [-0.2, -0.15) is 0 Å². The minimum absolute atomic E-state index is 0.123. The summed E-state index contributed by atoms with van der Waals surface area (Å²) in [7, 11) is -2.13. The number of aryl methyl sites for hydroxylation is 2. The number of phenolic OH excluding ortho intramolecular Hbond substituents is 1. The third-order valence-corrected chi connectivity index (χ3v) is 6.87. The summed E-state index contributed by atoms with van der Waals surface area (Å²) in [6.45, 7) is 3.99. The molecular weight excluding hydrogens is 412 g/mol. The van der Waals surface area contributed by atoms with E-state index in [0.29, 0.717) is 35.5 Å². The number of rotatable bonds is 9. The lowest BCUT2D eigenvalue weighted by Gasteiger charge is -2.14. The molecule has 0 aromatic heterocycles. The second-order valence-electron chi connectivity index (χ2n) is 7.34. The normalized spacial score (nSPS) is 11.3. The fraction of sp³-hybridized carbons (Fsp3) is 0.280. The first-order chi connectivity index (χ1) is 14.9. The average molecular weight is 441 g/mol. The number of ether oxygens (including phenoxy) is 2.